The summed E-state index contributed by atoms with van der Waals surface area (Å²) < 4.78 is 58.8. The molecule has 0 radical (unpaired) electrons. The second-order valence-electron chi connectivity index (χ2n) is 13.9. The highest BCUT2D eigenvalue weighted by Crippen LogP contribution is 2.26. The number of hydrogen-bond acceptors (Lipinski definition) is 11. The van der Waals surface area contributed by atoms with E-state index in [2.05, 4.69) is 54.5 Å². The van der Waals surface area contributed by atoms with Gasteiger partial charge in [-0.3, -0.25) is 9.35 Å². The van der Waals surface area contributed by atoms with Crippen molar-refractivity contribution in [2.45, 2.75) is 185 Å². The zero-order valence-corrected chi connectivity index (χ0v) is 33.4. The van der Waals surface area contributed by atoms with E-state index in [0.29, 0.717) is 13.0 Å². The monoisotopic (exact) mass is 776 g/mol. The van der Waals surface area contributed by atoms with Crippen molar-refractivity contribution in [1.29, 1.82) is 0 Å². The molecule has 13 heteroatoms. The Hall–Kier alpha value is -1.68. The topological polar surface area (TPSA) is 178 Å². The van der Waals surface area contributed by atoms with Gasteiger partial charge in [0.25, 0.3) is 0 Å². The minimum atomic E-state index is -5.06. The lowest BCUT2D eigenvalue weighted by Crippen LogP contribution is -2.60. The summed E-state index contributed by atoms with van der Waals surface area (Å²) >= 11 is 0. The molecule has 0 aromatic carbocycles. The molecule has 1 rings (SSSR count). The molecular weight excluding hydrogens is 704 g/mol. The molecule has 0 aromatic rings. The largest absolute Gasteiger partial charge is 0.457 e. The first-order valence-electron chi connectivity index (χ1n) is 20.2. The number of hydrogen-bond donors (Lipinski definition) is 4. The minimum Gasteiger partial charge on any atom is -0.457 e. The molecule has 0 saturated carbocycles. The molecule has 1 fully saturated rings. The van der Waals surface area contributed by atoms with Crippen LogP contribution in [0.1, 0.15) is 149 Å². The van der Waals surface area contributed by atoms with Gasteiger partial charge in [0.15, 0.2) is 6.29 Å². The van der Waals surface area contributed by atoms with Gasteiger partial charge in [0.05, 0.1) is 19.8 Å². The Bertz CT molecular complexity index is 1080. The Morgan fingerprint density at radius 1 is 0.717 bits per heavy atom. The van der Waals surface area contributed by atoms with Crippen LogP contribution in [0.2, 0.25) is 0 Å². The predicted molar refractivity (Wildman–Crippen MR) is 207 cm³/mol. The van der Waals surface area contributed by atoms with Gasteiger partial charge >= 0.3 is 16.4 Å². The number of aliphatic hydroxyl groups excluding tert-OH is 3. The van der Waals surface area contributed by atoms with Crippen molar-refractivity contribution in [3.8, 4) is 0 Å². The normalized spacial score (nSPS) is 21.7. The quantitative estimate of drug-likeness (QED) is 0.0220. The second-order valence-corrected chi connectivity index (χ2v) is 14.9. The summed E-state index contributed by atoms with van der Waals surface area (Å²) in [6, 6.07) is 0. The Morgan fingerprint density at radius 3 is 1.89 bits per heavy atom. The maximum atomic E-state index is 12.8. The summed E-state index contributed by atoms with van der Waals surface area (Å²) in [4.78, 5) is 12.8. The third-order valence-electron chi connectivity index (χ3n) is 8.97. The number of esters is 1. The molecule has 6 atom stereocenters. The van der Waals surface area contributed by atoms with Gasteiger partial charge in [0.1, 0.15) is 30.5 Å². The van der Waals surface area contributed by atoms with Crippen LogP contribution < -0.4 is 0 Å². The lowest BCUT2D eigenvalue weighted by molar-refractivity contribution is -0.301. The van der Waals surface area contributed by atoms with Crippen molar-refractivity contribution < 1.29 is 56.2 Å². The van der Waals surface area contributed by atoms with E-state index in [9.17, 15) is 28.5 Å². The first kappa shape index (κ1) is 49.3. The maximum Gasteiger partial charge on any atom is 0.397 e. The molecule has 1 aliphatic heterocycles. The van der Waals surface area contributed by atoms with Crippen LogP contribution in [0.15, 0.2) is 36.5 Å². The molecule has 0 bridgehead atoms. The van der Waals surface area contributed by atoms with Crippen LogP contribution in [0.5, 0.6) is 0 Å². The van der Waals surface area contributed by atoms with Crippen LogP contribution in [0, 0.1) is 0 Å². The minimum absolute atomic E-state index is 0.0253. The summed E-state index contributed by atoms with van der Waals surface area (Å²) in [5, 5.41) is 30.5. The fraction of sp³-hybridized carbons (Fsp3) is 0.825. The number of unbranched alkanes of at least 4 members (excludes halogenated alkanes) is 15. The lowest BCUT2D eigenvalue weighted by Gasteiger charge is -2.41. The number of rotatable bonds is 34. The highest BCUT2D eigenvalue weighted by Gasteiger charge is 2.48. The molecule has 4 N–H and O–H groups in total. The highest BCUT2D eigenvalue weighted by molar-refractivity contribution is 7.80. The van der Waals surface area contributed by atoms with Crippen LogP contribution >= 0.6 is 0 Å². The van der Waals surface area contributed by atoms with Crippen LogP contribution in [-0.4, -0.2) is 97.5 Å². The summed E-state index contributed by atoms with van der Waals surface area (Å²) in [5.74, 6) is -0.415. The van der Waals surface area contributed by atoms with Crippen molar-refractivity contribution in [2.75, 3.05) is 26.4 Å². The van der Waals surface area contributed by atoms with Crippen LogP contribution in [-0.2, 0) is 38.3 Å². The molecule has 1 saturated heterocycles. The van der Waals surface area contributed by atoms with Crippen molar-refractivity contribution >= 4 is 16.4 Å². The zero-order chi connectivity index (χ0) is 39.0. The van der Waals surface area contributed by atoms with Gasteiger partial charge < -0.3 is 34.3 Å². The Kier molecular flexibility index (Phi) is 30.3. The number of carbonyl (C=O) groups is 1. The number of carbonyl (C=O) groups excluding carboxylic acids is 1. The van der Waals surface area contributed by atoms with Gasteiger partial charge in [-0.25, -0.2) is 4.18 Å². The molecule has 6 unspecified atom stereocenters. The lowest BCUT2D eigenvalue weighted by atomic mass is 9.99. The molecule has 1 aliphatic rings. The standard InChI is InChI=1S/C40H72O12S/c1-3-5-7-9-11-13-15-17-18-20-22-24-26-28-30-48-32-34(50-36(42)29-27-25-23-21-19-16-14-12-10-8-6-4-2)33-49-40-38(44)39(52-53(45,46)47)37(43)35(31-41)51-40/h7,9,12-15,34-35,37-41,43-44H,3-6,8,10-11,16-33H2,1-2H3,(H,45,46,47)/b9-7-,14-12-,15-13-. The average molecular weight is 777 g/mol. The smallest absolute Gasteiger partial charge is 0.397 e. The van der Waals surface area contributed by atoms with Crippen LogP contribution in [0.4, 0.5) is 0 Å². The molecule has 0 amide bonds. The molecule has 0 spiro atoms. The van der Waals surface area contributed by atoms with Crippen molar-refractivity contribution in [2.24, 2.45) is 0 Å². The van der Waals surface area contributed by atoms with E-state index in [1.807, 2.05) is 0 Å². The molecule has 53 heavy (non-hydrogen) atoms. The summed E-state index contributed by atoms with van der Waals surface area (Å²) in [6.45, 7) is 3.84. The van der Waals surface area contributed by atoms with Gasteiger partial charge in [-0.05, 0) is 64.2 Å². The molecule has 1 heterocycles. The van der Waals surface area contributed by atoms with Crippen molar-refractivity contribution in [3.63, 3.8) is 0 Å². The van der Waals surface area contributed by atoms with E-state index < -0.39 is 59.8 Å². The number of ether oxygens (including phenoxy) is 4. The van der Waals surface area contributed by atoms with Gasteiger partial charge in [-0.15, -0.1) is 0 Å². The molecular formula is C40H72O12S. The van der Waals surface area contributed by atoms with Gasteiger partial charge in [-0.2, -0.15) is 8.42 Å². The third-order valence-corrected chi connectivity index (χ3v) is 9.43. The summed E-state index contributed by atoms with van der Waals surface area (Å²) in [6.07, 6.45) is 26.1. The van der Waals surface area contributed by atoms with Crippen LogP contribution in [0.25, 0.3) is 0 Å². The fourth-order valence-electron chi connectivity index (χ4n) is 5.88. The fourth-order valence-corrected chi connectivity index (χ4v) is 6.39. The summed E-state index contributed by atoms with van der Waals surface area (Å²) in [5.41, 5.74) is 0. The Morgan fingerprint density at radius 2 is 1.28 bits per heavy atom. The molecule has 12 nitrogen and oxygen atoms in total. The highest BCUT2D eigenvalue weighted by atomic mass is 32.3. The third kappa shape index (κ3) is 26.7. The number of allylic oxidation sites excluding steroid dienone is 6. The molecule has 0 aliphatic carbocycles. The maximum absolute atomic E-state index is 12.8. The van der Waals surface area contributed by atoms with E-state index in [-0.39, 0.29) is 19.6 Å². The van der Waals surface area contributed by atoms with E-state index in [1.54, 1.807) is 0 Å². The zero-order valence-electron chi connectivity index (χ0n) is 32.6. The van der Waals surface area contributed by atoms with E-state index in [4.69, 9.17) is 23.5 Å². The first-order chi connectivity index (χ1) is 25.6. The van der Waals surface area contributed by atoms with Crippen molar-refractivity contribution in [3.05, 3.63) is 36.5 Å². The SMILES string of the molecule is CCC/C=C\C/C=C\CCCCCCCCOCC(COC1OC(CO)C(O)C(OS(=O)(=O)O)C1O)OC(=O)CCCCCCC/C=C\CCCCC. The van der Waals surface area contributed by atoms with Gasteiger partial charge in [0.2, 0.25) is 0 Å². The van der Waals surface area contributed by atoms with Crippen molar-refractivity contribution in [1.82, 2.24) is 0 Å². The van der Waals surface area contributed by atoms with Gasteiger partial charge in [-0.1, -0.05) is 115 Å². The first-order valence-corrected chi connectivity index (χ1v) is 21.6. The number of aliphatic hydroxyl groups is 3. The van der Waals surface area contributed by atoms with E-state index >= 15 is 0 Å². The Balaban J connectivity index is 2.50. The average Bonchev–Trinajstić information content (AvgIpc) is 3.12. The summed E-state index contributed by atoms with van der Waals surface area (Å²) in [7, 11) is -5.06. The molecule has 0 aromatic heterocycles. The van der Waals surface area contributed by atoms with E-state index in [1.165, 1.54) is 38.5 Å². The van der Waals surface area contributed by atoms with E-state index in [0.717, 1.165) is 83.5 Å². The van der Waals surface area contributed by atoms with Crippen LogP contribution in [0.3, 0.4) is 0 Å². The van der Waals surface area contributed by atoms with Gasteiger partial charge in [0, 0.05) is 13.0 Å². The predicted octanol–water partition coefficient (Wildman–Crippen LogP) is 7.46. The second kappa shape index (κ2) is 32.6. The molecule has 310 valence electrons. The Labute approximate surface area is 320 Å².